The second-order valence-electron chi connectivity index (χ2n) is 5.95. The van der Waals surface area contributed by atoms with E-state index in [1.54, 1.807) is 0 Å². The van der Waals surface area contributed by atoms with Crippen molar-refractivity contribution in [3.05, 3.63) is 24.0 Å². The number of nitrogens with zero attached hydrogens (tertiary/aromatic N) is 3. The molecule has 3 rings (SSSR count). The largest absolute Gasteiger partial charge is 0.399 e. The van der Waals surface area contributed by atoms with Crippen molar-refractivity contribution in [2.75, 3.05) is 10.7 Å². The van der Waals surface area contributed by atoms with E-state index in [1.807, 2.05) is 12.1 Å². The zero-order valence-corrected chi connectivity index (χ0v) is 12.6. The van der Waals surface area contributed by atoms with Crippen LogP contribution in [-0.4, -0.2) is 21.7 Å². The fourth-order valence-corrected chi connectivity index (χ4v) is 3.42. The van der Waals surface area contributed by atoms with Gasteiger partial charge in [-0.3, -0.25) is 0 Å². The maximum Gasteiger partial charge on any atom is 0.128 e. The van der Waals surface area contributed by atoms with Crippen molar-refractivity contribution in [3.8, 4) is 0 Å². The van der Waals surface area contributed by atoms with Crippen molar-refractivity contribution in [2.45, 2.75) is 58.5 Å². The normalized spacial score (nSPS) is 23.4. The van der Waals surface area contributed by atoms with E-state index in [0.29, 0.717) is 12.1 Å². The Balaban J connectivity index is 2.18. The lowest BCUT2D eigenvalue weighted by atomic mass is 10.00. The molecule has 4 heteroatoms. The first-order chi connectivity index (χ1) is 9.61. The number of fused-ring (bicyclic) bond motifs is 1. The van der Waals surface area contributed by atoms with Crippen LogP contribution in [0.15, 0.2) is 18.2 Å². The van der Waals surface area contributed by atoms with Crippen molar-refractivity contribution in [2.24, 2.45) is 0 Å². The van der Waals surface area contributed by atoms with Crippen LogP contribution in [0.5, 0.6) is 0 Å². The highest BCUT2D eigenvalue weighted by molar-refractivity contribution is 5.80. The van der Waals surface area contributed by atoms with E-state index < -0.39 is 0 Å². The maximum atomic E-state index is 5.89. The van der Waals surface area contributed by atoms with Crippen molar-refractivity contribution >= 4 is 16.7 Å². The summed E-state index contributed by atoms with van der Waals surface area (Å²) in [7, 11) is 0. The average Bonchev–Trinajstić information content (AvgIpc) is 2.76. The lowest BCUT2D eigenvalue weighted by molar-refractivity contribution is 0.336. The van der Waals surface area contributed by atoms with Crippen LogP contribution >= 0.6 is 0 Å². The highest BCUT2D eigenvalue weighted by Gasteiger charge is 2.27. The second kappa shape index (κ2) is 5.00. The van der Waals surface area contributed by atoms with E-state index in [9.17, 15) is 0 Å². The van der Waals surface area contributed by atoms with Crippen molar-refractivity contribution in [3.63, 3.8) is 0 Å². The van der Waals surface area contributed by atoms with E-state index in [-0.39, 0.29) is 0 Å². The molecule has 0 spiro atoms. The first-order valence-electron chi connectivity index (χ1n) is 7.67. The lowest BCUT2D eigenvalue weighted by Gasteiger charge is -2.42. The Bertz CT molecular complexity index is 606. The number of rotatable bonds is 2. The van der Waals surface area contributed by atoms with Crippen LogP contribution in [-0.2, 0) is 6.42 Å². The van der Waals surface area contributed by atoms with Crippen molar-refractivity contribution < 1.29 is 0 Å². The Morgan fingerprint density at radius 2 is 1.95 bits per heavy atom. The van der Waals surface area contributed by atoms with Gasteiger partial charge < -0.3 is 10.7 Å². The number of hydrogen-bond donors (Lipinski definition) is 1. The molecule has 1 aromatic carbocycles. The molecule has 1 aromatic heterocycles. The molecule has 2 heterocycles. The minimum absolute atomic E-state index is 0.555. The molecule has 2 N–H and O–H groups in total. The summed E-state index contributed by atoms with van der Waals surface area (Å²) in [6.07, 6.45) is 4.76. The fraction of sp³-hybridized carbons (Fsp3) is 0.562. The predicted octanol–water partition coefficient (Wildman–Crippen LogP) is 3.08. The minimum Gasteiger partial charge on any atom is -0.399 e. The number of hydrogen-bond acceptors (Lipinski definition) is 3. The number of benzene rings is 1. The number of anilines is 1. The van der Waals surface area contributed by atoms with Gasteiger partial charge in [0.15, 0.2) is 0 Å². The molecule has 0 radical (unpaired) electrons. The third-order valence-electron chi connectivity index (χ3n) is 4.42. The summed E-state index contributed by atoms with van der Waals surface area (Å²) >= 11 is 0. The number of piperidine rings is 1. The summed E-state index contributed by atoms with van der Waals surface area (Å²) in [5, 5.41) is 2.51. The van der Waals surface area contributed by atoms with Crippen molar-refractivity contribution in [1.82, 2.24) is 9.66 Å². The molecule has 1 aliphatic rings. The van der Waals surface area contributed by atoms with Gasteiger partial charge in [-0.15, -0.1) is 0 Å². The summed E-state index contributed by atoms with van der Waals surface area (Å²) in [4.78, 5) is 4.78. The first-order valence-corrected chi connectivity index (χ1v) is 7.67. The van der Waals surface area contributed by atoms with E-state index >= 15 is 0 Å². The fourth-order valence-electron chi connectivity index (χ4n) is 3.42. The van der Waals surface area contributed by atoms with Gasteiger partial charge >= 0.3 is 0 Å². The number of aromatic nitrogens is 2. The van der Waals surface area contributed by atoms with Gasteiger partial charge in [-0.25, -0.2) is 9.66 Å². The topological polar surface area (TPSA) is 47.1 Å². The Hall–Kier alpha value is -1.71. The van der Waals surface area contributed by atoms with E-state index in [2.05, 4.69) is 36.5 Å². The third kappa shape index (κ3) is 2.03. The molecule has 0 bridgehead atoms. The van der Waals surface area contributed by atoms with Gasteiger partial charge in [0.05, 0.1) is 11.0 Å². The highest BCUT2D eigenvalue weighted by atomic mass is 15.6. The first kappa shape index (κ1) is 13.3. The molecule has 1 aliphatic heterocycles. The molecule has 1 saturated heterocycles. The Labute approximate surface area is 120 Å². The average molecular weight is 272 g/mol. The maximum absolute atomic E-state index is 5.89. The molecule has 20 heavy (non-hydrogen) atoms. The summed E-state index contributed by atoms with van der Waals surface area (Å²) in [5.41, 5.74) is 8.86. The Morgan fingerprint density at radius 1 is 1.25 bits per heavy atom. The van der Waals surface area contributed by atoms with Gasteiger partial charge in [0, 0.05) is 24.2 Å². The molecular formula is C16H24N4. The third-order valence-corrected chi connectivity index (χ3v) is 4.42. The molecular weight excluding hydrogens is 248 g/mol. The van der Waals surface area contributed by atoms with Gasteiger partial charge in [0.25, 0.3) is 0 Å². The molecule has 0 aliphatic carbocycles. The zero-order chi connectivity index (χ0) is 14.3. The molecule has 0 saturated carbocycles. The summed E-state index contributed by atoms with van der Waals surface area (Å²) in [5.74, 6) is 1.13. The number of nitrogens with two attached hydrogens (primary N) is 1. The van der Waals surface area contributed by atoms with E-state index in [0.717, 1.165) is 23.4 Å². The smallest absolute Gasteiger partial charge is 0.128 e. The molecule has 2 unspecified atom stereocenters. The number of aryl methyl sites for hydroxylation is 1. The monoisotopic (exact) mass is 272 g/mol. The summed E-state index contributed by atoms with van der Waals surface area (Å²) < 4.78 is 2.34. The van der Waals surface area contributed by atoms with Gasteiger partial charge in [0.2, 0.25) is 0 Å². The molecule has 108 valence electrons. The predicted molar refractivity (Wildman–Crippen MR) is 84.5 cm³/mol. The highest BCUT2D eigenvalue weighted by Crippen LogP contribution is 2.27. The van der Waals surface area contributed by atoms with E-state index in [4.69, 9.17) is 10.7 Å². The number of nitrogen functional groups attached to an aromatic ring is 1. The van der Waals surface area contributed by atoms with Crippen LogP contribution < -0.4 is 10.7 Å². The van der Waals surface area contributed by atoms with Crippen LogP contribution in [0.2, 0.25) is 0 Å². The SMILES string of the molecule is CCc1nc2cc(N)ccc2n1N1C(C)CCCC1C. The lowest BCUT2D eigenvalue weighted by Crippen LogP contribution is -2.51. The minimum atomic E-state index is 0.555. The second-order valence-corrected chi connectivity index (χ2v) is 5.95. The standard InChI is InChI=1S/C16H24N4/c1-4-16-18-14-10-13(17)8-9-15(14)20(16)19-11(2)6-5-7-12(19)3/h8-12H,4-7,17H2,1-3H3. The zero-order valence-electron chi connectivity index (χ0n) is 12.6. The molecule has 2 atom stereocenters. The summed E-state index contributed by atoms with van der Waals surface area (Å²) in [6, 6.07) is 7.16. The van der Waals surface area contributed by atoms with Gasteiger partial charge in [-0.1, -0.05) is 6.92 Å². The van der Waals surface area contributed by atoms with Crippen LogP contribution in [0.1, 0.15) is 45.9 Å². The quantitative estimate of drug-likeness (QED) is 0.855. The van der Waals surface area contributed by atoms with Gasteiger partial charge in [-0.05, 0) is 51.3 Å². The van der Waals surface area contributed by atoms with Crippen LogP contribution in [0.3, 0.4) is 0 Å². The number of imidazole rings is 1. The van der Waals surface area contributed by atoms with Crippen LogP contribution in [0.25, 0.3) is 11.0 Å². The molecule has 0 amide bonds. The van der Waals surface area contributed by atoms with Crippen LogP contribution in [0, 0.1) is 0 Å². The molecule has 2 aromatic rings. The van der Waals surface area contributed by atoms with Crippen LogP contribution in [0.4, 0.5) is 5.69 Å². The summed E-state index contributed by atoms with van der Waals surface area (Å²) in [6.45, 7) is 6.80. The van der Waals surface area contributed by atoms with Gasteiger partial charge in [0.1, 0.15) is 5.82 Å². The Kier molecular flexibility index (Phi) is 3.32. The Morgan fingerprint density at radius 3 is 2.60 bits per heavy atom. The van der Waals surface area contributed by atoms with Gasteiger partial charge in [-0.2, -0.15) is 0 Å². The van der Waals surface area contributed by atoms with E-state index in [1.165, 1.54) is 24.8 Å². The molecule has 1 fully saturated rings. The van der Waals surface area contributed by atoms with Crippen molar-refractivity contribution in [1.29, 1.82) is 0 Å². The molecule has 4 nitrogen and oxygen atoms in total.